The van der Waals surface area contributed by atoms with Crippen LogP contribution in [-0.2, 0) is 4.74 Å². The molecular weight excluding hydrogens is 192 g/mol. The number of carbonyl (C=O) groups is 1. The van der Waals surface area contributed by atoms with Crippen LogP contribution in [0.5, 0.6) is 0 Å². The highest BCUT2D eigenvalue weighted by Crippen LogP contribution is 2.35. The molecule has 0 spiro atoms. The van der Waals surface area contributed by atoms with E-state index in [0.717, 1.165) is 19.5 Å². The number of rotatable bonds is 0. The fraction of sp³-hybridized carbons (Fsp3) is 0.909. The molecule has 0 aromatic carbocycles. The van der Waals surface area contributed by atoms with Gasteiger partial charge in [-0.2, -0.15) is 0 Å². The summed E-state index contributed by atoms with van der Waals surface area (Å²) >= 11 is 0. The van der Waals surface area contributed by atoms with Crippen molar-refractivity contribution in [1.82, 2.24) is 9.80 Å². The molecule has 3 aliphatic rings. The van der Waals surface area contributed by atoms with Gasteiger partial charge in [-0.1, -0.05) is 0 Å². The maximum Gasteiger partial charge on any atom is 0.410 e. The summed E-state index contributed by atoms with van der Waals surface area (Å²) in [6, 6.07) is 0.742. The highest BCUT2D eigenvalue weighted by atomic mass is 16.5. The van der Waals surface area contributed by atoms with Crippen LogP contribution in [0, 0.1) is 0 Å². The molecule has 3 heterocycles. The lowest BCUT2D eigenvalue weighted by molar-refractivity contribution is -0.0806. The lowest BCUT2D eigenvalue weighted by atomic mass is 9.85. The van der Waals surface area contributed by atoms with Crippen molar-refractivity contribution in [3.63, 3.8) is 0 Å². The average Bonchev–Trinajstić information content (AvgIpc) is 2.16. The van der Waals surface area contributed by atoms with Gasteiger partial charge < -0.3 is 4.74 Å². The zero-order valence-electron chi connectivity index (χ0n) is 9.99. The zero-order chi connectivity index (χ0) is 11.2. The van der Waals surface area contributed by atoms with E-state index < -0.39 is 0 Å². The largest absolute Gasteiger partial charge is 0.453 e. The number of fused-ring (bicyclic) bond motifs is 2. The first kappa shape index (κ1) is 10.7. The third-order valence-electron chi connectivity index (χ3n) is 3.53. The van der Waals surface area contributed by atoms with Crippen LogP contribution in [0.1, 0.15) is 27.2 Å². The van der Waals surface area contributed by atoms with E-state index in [-0.39, 0.29) is 11.6 Å². The Hall–Kier alpha value is -0.770. The van der Waals surface area contributed by atoms with E-state index in [1.807, 2.05) is 4.90 Å². The van der Waals surface area contributed by atoms with Crippen molar-refractivity contribution in [3.8, 4) is 0 Å². The van der Waals surface area contributed by atoms with Crippen LogP contribution in [-0.4, -0.2) is 53.7 Å². The minimum absolute atomic E-state index is 0.162. The normalized spacial score (nSPS) is 31.1. The third-order valence-corrected chi connectivity index (χ3v) is 3.53. The van der Waals surface area contributed by atoms with Crippen molar-refractivity contribution >= 4 is 6.09 Å². The van der Waals surface area contributed by atoms with Crippen molar-refractivity contribution in [1.29, 1.82) is 0 Å². The molecule has 0 saturated carbocycles. The lowest BCUT2D eigenvalue weighted by Gasteiger charge is -2.58. The molecule has 0 radical (unpaired) electrons. The summed E-state index contributed by atoms with van der Waals surface area (Å²) in [5.41, 5.74) is 0.207. The molecule has 4 nitrogen and oxygen atoms in total. The molecule has 3 saturated heterocycles. The molecule has 2 bridgehead atoms. The molecule has 0 N–H and O–H groups in total. The van der Waals surface area contributed by atoms with Crippen LogP contribution in [0.25, 0.3) is 0 Å². The number of ether oxygens (including phenoxy) is 1. The summed E-state index contributed by atoms with van der Waals surface area (Å²) < 4.78 is 4.78. The van der Waals surface area contributed by atoms with Crippen LogP contribution in [0.15, 0.2) is 0 Å². The standard InChI is InChI=1S/C11H20N2O2/c1-11(2,3)12-6-8-5-9(7-12)13(8)10(14)15-4/h8-9H,5-7H2,1-4H3. The van der Waals surface area contributed by atoms with E-state index in [1.165, 1.54) is 7.11 Å². The second kappa shape index (κ2) is 3.37. The zero-order valence-corrected chi connectivity index (χ0v) is 9.99. The van der Waals surface area contributed by atoms with Crippen molar-refractivity contribution in [2.24, 2.45) is 0 Å². The molecule has 3 aliphatic heterocycles. The van der Waals surface area contributed by atoms with E-state index in [4.69, 9.17) is 4.74 Å². The molecule has 86 valence electrons. The minimum Gasteiger partial charge on any atom is -0.453 e. The van der Waals surface area contributed by atoms with Gasteiger partial charge in [0.1, 0.15) is 0 Å². The highest BCUT2D eigenvalue weighted by Gasteiger charge is 2.49. The number of amides is 1. The van der Waals surface area contributed by atoms with Crippen LogP contribution in [0.4, 0.5) is 4.79 Å². The Labute approximate surface area is 91.2 Å². The molecule has 3 fully saturated rings. The summed E-state index contributed by atoms with van der Waals surface area (Å²) in [6.45, 7) is 8.63. The quantitative estimate of drug-likeness (QED) is 0.607. The van der Waals surface area contributed by atoms with Crippen molar-refractivity contribution in [2.45, 2.75) is 44.8 Å². The SMILES string of the molecule is COC(=O)N1C2CC1CN(C(C)(C)C)C2. The van der Waals surface area contributed by atoms with Crippen LogP contribution in [0.2, 0.25) is 0 Å². The molecule has 0 aromatic rings. The number of nitrogens with zero attached hydrogens (tertiary/aromatic N) is 2. The maximum atomic E-state index is 11.4. The fourth-order valence-corrected chi connectivity index (χ4v) is 2.56. The Bertz CT molecular complexity index is 260. The number of piperidine rings is 1. The van der Waals surface area contributed by atoms with Gasteiger partial charge in [0.2, 0.25) is 0 Å². The summed E-state index contributed by atoms with van der Waals surface area (Å²) in [4.78, 5) is 15.8. The smallest absolute Gasteiger partial charge is 0.410 e. The number of hydrogen-bond acceptors (Lipinski definition) is 3. The lowest BCUT2D eigenvalue weighted by Crippen LogP contribution is -2.72. The molecule has 0 aliphatic carbocycles. The van der Waals surface area contributed by atoms with Crippen LogP contribution in [0.3, 0.4) is 0 Å². The van der Waals surface area contributed by atoms with E-state index in [9.17, 15) is 4.79 Å². The van der Waals surface area contributed by atoms with E-state index in [1.54, 1.807) is 0 Å². The van der Waals surface area contributed by atoms with E-state index >= 15 is 0 Å². The van der Waals surface area contributed by atoms with Gasteiger partial charge in [-0.25, -0.2) is 4.79 Å². The summed E-state index contributed by atoms with van der Waals surface area (Å²) in [6.07, 6.45) is 0.978. The molecule has 2 atom stereocenters. The monoisotopic (exact) mass is 212 g/mol. The molecule has 15 heavy (non-hydrogen) atoms. The number of piperazine rings is 1. The predicted octanol–water partition coefficient (Wildman–Crippen LogP) is 1.31. The molecule has 3 rings (SSSR count). The molecule has 2 unspecified atom stereocenters. The first-order valence-corrected chi connectivity index (χ1v) is 5.55. The van der Waals surface area contributed by atoms with Crippen molar-refractivity contribution < 1.29 is 9.53 Å². The molecular formula is C11H20N2O2. The van der Waals surface area contributed by atoms with E-state index in [0.29, 0.717) is 12.1 Å². The predicted molar refractivity (Wildman–Crippen MR) is 57.8 cm³/mol. The van der Waals surface area contributed by atoms with Gasteiger partial charge in [0.05, 0.1) is 19.2 Å². The van der Waals surface area contributed by atoms with Gasteiger partial charge in [-0.05, 0) is 27.2 Å². The van der Waals surface area contributed by atoms with Crippen LogP contribution < -0.4 is 0 Å². The number of methoxy groups -OCH3 is 1. The number of carbonyl (C=O) groups excluding carboxylic acids is 1. The number of hydrogen-bond donors (Lipinski definition) is 0. The van der Waals surface area contributed by atoms with Gasteiger partial charge >= 0.3 is 6.09 Å². The molecule has 4 heteroatoms. The summed E-state index contributed by atoms with van der Waals surface area (Å²) in [7, 11) is 1.46. The maximum absolute atomic E-state index is 11.4. The Morgan fingerprint density at radius 2 is 1.80 bits per heavy atom. The molecule has 0 aromatic heterocycles. The summed E-state index contributed by atoms with van der Waals surface area (Å²) in [5.74, 6) is 0. The van der Waals surface area contributed by atoms with Gasteiger partial charge in [0, 0.05) is 18.6 Å². The Morgan fingerprint density at radius 1 is 1.27 bits per heavy atom. The topological polar surface area (TPSA) is 32.8 Å². The minimum atomic E-state index is -0.162. The second-order valence-electron chi connectivity index (χ2n) is 5.50. The van der Waals surface area contributed by atoms with Gasteiger partial charge in [-0.3, -0.25) is 9.80 Å². The summed E-state index contributed by atoms with van der Waals surface area (Å²) in [5, 5.41) is 0. The van der Waals surface area contributed by atoms with Gasteiger partial charge in [-0.15, -0.1) is 0 Å². The second-order valence-corrected chi connectivity index (χ2v) is 5.50. The van der Waals surface area contributed by atoms with Gasteiger partial charge in [0.25, 0.3) is 0 Å². The van der Waals surface area contributed by atoms with Crippen molar-refractivity contribution in [2.75, 3.05) is 20.2 Å². The Morgan fingerprint density at radius 3 is 2.20 bits per heavy atom. The molecule has 1 amide bonds. The van der Waals surface area contributed by atoms with E-state index in [2.05, 4.69) is 25.7 Å². The Kier molecular flexibility index (Phi) is 2.41. The Balaban J connectivity index is 1.99. The van der Waals surface area contributed by atoms with Crippen molar-refractivity contribution in [3.05, 3.63) is 0 Å². The average molecular weight is 212 g/mol. The third kappa shape index (κ3) is 1.71. The fourth-order valence-electron chi connectivity index (χ4n) is 2.56. The first-order valence-electron chi connectivity index (χ1n) is 5.55. The van der Waals surface area contributed by atoms with Gasteiger partial charge in [0.15, 0.2) is 0 Å². The highest BCUT2D eigenvalue weighted by molar-refractivity contribution is 5.69. The van der Waals surface area contributed by atoms with Crippen LogP contribution >= 0.6 is 0 Å². The first-order chi connectivity index (χ1) is 6.93.